The number of aliphatic carboxylic acids is 1. The lowest BCUT2D eigenvalue weighted by Crippen LogP contribution is -2.45. The smallest absolute Gasteiger partial charge is 0.303 e. The van der Waals surface area contributed by atoms with Gasteiger partial charge in [0, 0.05) is 19.0 Å². The molecule has 3 nitrogen and oxygen atoms in total. The van der Waals surface area contributed by atoms with E-state index in [0.717, 1.165) is 37.6 Å². The van der Waals surface area contributed by atoms with Gasteiger partial charge in [0.1, 0.15) is 0 Å². The minimum atomic E-state index is -0.668. The van der Waals surface area contributed by atoms with E-state index in [4.69, 9.17) is 5.11 Å². The minimum Gasteiger partial charge on any atom is -0.481 e. The Labute approximate surface area is 105 Å². The zero-order chi connectivity index (χ0) is 12.8. The topological polar surface area (TPSA) is 40.5 Å². The maximum atomic E-state index is 10.4. The molecule has 0 aliphatic carbocycles. The summed E-state index contributed by atoms with van der Waals surface area (Å²) >= 11 is 0. The maximum absolute atomic E-state index is 10.4. The van der Waals surface area contributed by atoms with Crippen molar-refractivity contribution >= 4 is 5.97 Å². The molecule has 3 atom stereocenters. The monoisotopic (exact) mass is 241 g/mol. The number of nitrogens with zero attached hydrogens (tertiary/aromatic N) is 1. The van der Waals surface area contributed by atoms with Gasteiger partial charge in [-0.05, 0) is 44.6 Å². The SMILES string of the molecule is CC1CC(C)C(C)N(CCCCCC(=O)O)C1. The molecule has 1 fully saturated rings. The standard InChI is InChI=1S/C14H27NO2/c1-11-9-12(2)13(3)15(10-11)8-6-4-5-7-14(16)17/h11-13H,4-10H2,1-3H3,(H,16,17). The van der Waals surface area contributed by atoms with E-state index in [-0.39, 0.29) is 0 Å². The third-order valence-electron chi connectivity index (χ3n) is 4.06. The number of unbranched alkanes of at least 4 members (excludes halogenated alkanes) is 2. The van der Waals surface area contributed by atoms with E-state index in [9.17, 15) is 4.79 Å². The van der Waals surface area contributed by atoms with Crippen molar-refractivity contribution in [3.63, 3.8) is 0 Å². The lowest BCUT2D eigenvalue weighted by Gasteiger charge is -2.41. The maximum Gasteiger partial charge on any atom is 0.303 e. The summed E-state index contributed by atoms with van der Waals surface area (Å²) in [6.07, 6.45) is 4.66. The lowest BCUT2D eigenvalue weighted by molar-refractivity contribution is -0.137. The first-order valence-electron chi connectivity index (χ1n) is 6.96. The number of hydrogen-bond donors (Lipinski definition) is 1. The molecule has 1 heterocycles. The molecule has 0 saturated carbocycles. The van der Waals surface area contributed by atoms with Crippen LogP contribution in [0, 0.1) is 11.8 Å². The molecule has 0 spiro atoms. The molecule has 1 rings (SSSR count). The first kappa shape index (κ1) is 14.5. The van der Waals surface area contributed by atoms with Crippen LogP contribution >= 0.6 is 0 Å². The summed E-state index contributed by atoms with van der Waals surface area (Å²) in [7, 11) is 0. The molecule has 0 aromatic rings. The van der Waals surface area contributed by atoms with Crippen molar-refractivity contribution in [2.24, 2.45) is 11.8 Å². The molecular weight excluding hydrogens is 214 g/mol. The van der Waals surface area contributed by atoms with Gasteiger partial charge < -0.3 is 10.0 Å². The van der Waals surface area contributed by atoms with Gasteiger partial charge in [0.15, 0.2) is 0 Å². The summed E-state index contributed by atoms with van der Waals surface area (Å²) in [5.41, 5.74) is 0. The summed E-state index contributed by atoms with van der Waals surface area (Å²) in [6.45, 7) is 9.35. The number of carbonyl (C=O) groups is 1. The van der Waals surface area contributed by atoms with Gasteiger partial charge in [0.05, 0.1) is 0 Å². The van der Waals surface area contributed by atoms with Crippen LogP contribution in [0.5, 0.6) is 0 Å². The van der Waals surface area contributed by atoms with Crippen LogP contribution in [0.1, 0.15) is 52.9 Å². The molecule has 3 heteroatoms. The van der Waals surface area contributed by atoms with Crippen molar-refractivity contribution in [2.45, 2.75) is 58.9 Å². The Kier molecular flexibility index (Phi) is 5.96. The highest BCUT2D eigenvalue weighted by atomic mass is 16.4. The van der Waals surface area contributed by atoms with E-state index in [2.05, 4.69) is 25.7 Å². The molecule has 0 radical (unpaired) electrons. The molecule has 100 valence electrons. The van der Waals surface area contributed by atoms with Gasteiger partial charge in [-0.1, -0.05) is 20.3 Å². The van der Waals surface area contributed by atoms with Crippen LogP contribution in [0.4, 0.5) is 0 Å². The molecule has 1 saturated heterocycles. The normalized spacial score (nSPS) is 30.4. The van der Waals surface area contributed by atoms with Crippen molar-refractivity contribution in [2.75, 3.05) is 13.1 Å². The minimum absolute atomic E-state index is 0.322. The molecule has 0 aromatic carbocycles. The van der Waals surface area contributed by atoms with Gasteiger partial charge in [-0.15, -0.1) is 0 Å². The van der Waals surface area contributed by atoms with E-state index in [1.165, 1.54) is 13.0 Å². The van der Waals surface area contributed by atoms with Crippen molar-refractivity contribution in [1.29, 1.82) is 0 Å². The van der Waals surface area contributed by atoms with E-state index in [1.807, 2.05) is 0 Å². The van der Waals surface area contributed by atoms with Gasteiger partial charge in [-0.3, -0.25) is 4.79 Å². The fraction of sp³-hybridized carbons (Fsp3) is 0.929. The Morgan fingerprint density at radius 1 is 1.24 bits per heavy atom. The van der Waals surface area contributed by atoms with Crippen LogP contribution in [-0.4, -0.2) is 35.1 Å². The number of hydrogen-bond acceptors (Lipinski definition) is 2. The second-order valence-corrected chi connectivity index (χ2v) is 5.76. The summed E-state index contributed by atoms with van der Waals surface area (Å²) < 4.78 is 0. The van der Waals surface area contributed by atoms with Crippen LogP contribution in [0.15, 0.2) is 0 Å². The second kappa shape index (κ2) is 7.00. The Hall–Kier alpha value is -0.570. The zero-order valence-corrected chi connectivity index (χ0v) is 11.5. The van der Waals surface area contributed by atoms with Gasteiger partial charge in [0.2, 0.25) is 0 Å². The Morgan fingerprint density at radius 3 is 2.59 bits per heavy atom. The highest BCUT2D eigenvalue weighted by Gasteiger charge is 2.27. The fourth-order valence-corrected chi connectivity index (χ4v) is 2.90. The van der Waals surface area contributed by atoms with E-state index >= 15 is 0 Å². The second-order valence-electron chi connectivity index (χ2n) is 5.76. The molecule has 17 heavy (non-hydrogen) atoms. The largest absolute Gasteiger partial charge is 0.481 e. The highest BCUT2D eigenvalue weighted by molar-refractivity contribution is 5.66. The summed E-state index contributed by atoms with van der Waals surface area (Å²) in [6, 6.07) is 0.686. The van der Waals surface area contributed by atoms with Crippen molar-refractivity contribution in [3.8, 4) is 0 Å². The molecule has 1 aliphatic rings. The Morgan fingerprint density at radius 2 is 1.94 bits per heavy atom. The Bertz CT molecular complexity index is 242. The number of carboxylic acids is 1. The molecule has 1 aliphatic heterocycles. The summed E-state index contributed by atoms with van der Waals surface area (Å²) in [4.78, 5) is 13.0. The predicted molar refractivity (Wildman–Crippen MR) is 70.1 cm³/mol. The third-order valence-corrected chi connectivity index (χ3v) is 4.06. The fourth-order valence-electron chi connectivity index (χ4n) is 2.90. The van der Waals surface area contributed by atoms with Gasteiger partial charge >= 0.3 is 5.97 Å². The van der Waals surface area contributed by atoms with Crippen LogP contribution in [0.25, 0.3) is 0 Å². The van der Waals surface area contributed by atoms with E-state index in [1.54, 1.807) is 0 Å². The van der Waals surface area contributed by atoms with Crippen LogP contribution in [0.3, 0.4) is 0 Å². The van der Waals surface area contributed by atoms with Crippen molar-refractivity contribution < 1.29 is 9.90 Å². The molecule has 0 amide bonds. The lowest BCUT2D eigenvalue weighted by atomic mass is 9.86. The van der Waals surface area contributed by atoms with Gasteiger partial charge in [0.25, 0.3) is 0 Å². The average molecular weight is 241 g/mol. The molecule has 1 N–H and O–H groups in total. The van der Waals surface area contributed by atoms with Crippen LogP contribution in [-0.2, 0) is 4.79 Å². The number of carboxylic acid groups (broad SMARTS) is 1. The molecule has 0 aromatic heterocycles. The summed E-state index contributed by atoms with van der Waals surface area (Å²) in [5.74, 6) is 0.927. The van der Waals surface area contributed by atoms with Gasteiger partial charge in [-0.25, -0.2) is 0 Å². The first-order valence-corrected chi connectivity index (χ1v) is 6.96. The highest BCUT2D eigenvalue weighted by Crippen LogP contribution is 2.27. The number of piperidine rings is 1. The number of likely N-dealkylation sites (tertiary alicyclic amines) is 1. The molecule has 0 bridgehead atoms. The Balaban J connectivity index is 2.19. The van der Waals surface area contributed by atoms with Crippen LogP contribution < -0.4 is 0 Å². The quantitative estimate of drug-likeness (QED) is 0.727. The van der Waals surface area contributed by atoms with Crippen molar-refractivity contribution in [3.05, 3.63) is 0 Å². The first-order chi connectivity index (χ1) is 8.00. The van der Waals surface area contributed by atoms with Crippen molar-refractivity contribution in [1.82, 2.24) is 4.90 Å². The molecule has 3 unspecified atom stereocenters. The predicted octanol–water partition coefficient (Wildman–Crippen LogP) is 3.00. The summed E-state index contributed by atoms with van der Waals surface area (Å²) in [5, 5.41) is 8.56. The average Bonchev–Trinajstić information content (AvgIpc) is 2.23. The van der Waals surface area contributed by atoms with E-state index < -0.39 is 5.97 Å². The van der Waals surface area contributed by atoms with Gasteiger partial charge in [-0.2, -0.15) is 0 Å². The van der Waals surface area contributed by atoms with E-state index in [0.29, 0.717) is 12.5 Å². The molecular formula is C14H27NO2. The zero-order valence-electron chi connectivity index (χ0n) is 11.5. The number of rotatable bonds is 6. The third kappa shape index (κ3) is 5.07. The van der Waals surface area contributed by atoms with Crippen LogP contribution in [0.2, 0.25) is 0 Å².